The van der Waals surface area contributed by atoms with E-state index in [0.29, 0.717) is 6.54 Å². The number of benzene rings is 1. The zero-order valence-corrected chi connectivity index (χ0v) is 12.9. The molecule has 0 saturated heterocycles. The Morgan fingerprint density at radius 3 is 2.39 bits per heavy atom. The molecule has 0 aromatic heterocycles. The van der Waals surface area contributed by atoms with Crippen molar-refractivity contribution in [2.75, 3.05) is 13.6 Å². The first-order valence-electron chi connectivity index (χ1n) is 5.93. The number of nitrogens with zero attached hydrogens (tertiary/aromatic N) is 1. The normalized spacial score (nSPS) is 12.9. The number of likely N-dealkylation sites (N-methyl/N-ethyl adjacent to an activating group) is 1. The smallest absolute Gasteiger partial charge is 0.410 e. The van der Waals surface area contributed by atoms with E-state index in [1.54, 1.807) is 11.9 Å². The number of halogens is 1. The number of ether oxygens (including phenoxy) is 1. The van der Waals surface area contributed by atoms with Gasteiger partial charge in [0.2, 0.25) is 0 Å². The molecular weight excluding hydrogens is 294 g/mol. The van der Waals surface area contributed by atoms with E-state index in [1.165, 1.54) is 0 Å². The minimum absolute atomic E-state index is 0.108. The molecule has 0 heterocycles. The zero-order valence-electron chi connectivity index (χ0n) is 11.3. The van der Waals surface area contributed by atoms with Crippen LogP contribution in [0.3, 0.4) is 0 Å². The Bertz CT molecular complexity index is 387. The largest absolute Gasteiger partial charge is 0.444 e. The van der Waals surface area contributed by atoms with Crippen molar-refractivity contribution in [1.29, 1.82) is 0 Å². The number of hydrogen-bond donors (Lipinski definition) is 0. The van der Waals surface area contributed by atoms with Gasteiger partial charge in [-0.1, -0.05) is 46.3 Å². The molecule has 1 rings (SSSR count). The van der Waals surface area contributed by atoms with Crippen LogP contribution < -0.4 is 0 Å². The molecule has 0 aliphatic carbocycles. The van der Waals surface area contributed by atoms with Crippen molar-refractivity contribution >= 4 is 22.0 Å². The standard InChI is InChI=1S/C14H20BrNO2/c1-14(2,3)18-13(17)16(4)10-12(15)11-8-6-5-7-9-11/h5-9,12H,10H2,1-4H3. The summed E-state index contributed by atoms with van der Waals surface area (Å²) in [5.74, 6) is 0. The third-order valence-electron chi connectivity index (χ3n) is 2.30. The first kappa shape index (κ1) is 15.0. The average molecular weight is 314 g/mol. The van der Waals surface area contributed by atoms with Gasteiger partial charge < -0.3 is 9.64 Å². The Morgan fingerprint density at radius 2 is 1.89 bits per heavy atom. The molecular formula is C14H20BrNO2. The average Bonchev–Trinajstić information content (AvgIpc) is 2.27. The van der Waals surface area contributed by atoms with E-state index in [2.05, 4.69) is 15.9 Å². The van der Waals surface area contributed by atoms with Gasteiger partial charge in [-0.3, -0.25) is 0 Å². The summed E-state index contributed by atoms with van der Waals surface area (Å²) >= 11 is 3.59. The molecule has 0 spiro atoms. The van der Waals surface area contributed by atoms with Crippen LogP contribution in [0.2, 0.25) is 0 Å². The Morgan fingerprint density at radius 1 is 1.33 bits per heavy atom. The minimum atomic E-state index is -0.458. The lowest BCUT2D eigenvalue weighted by atomic mass is 10.1. The van der Waals surface area contributed by atoms with Crippen LogP contribution in [-0.2, 0) is 4.74 Å². The van der Waals surface area contributed by atoms with E-state index in [1.807, 2.05) is 51.1 Å². The summed E-state index contributed by atoms with van der Waals surface area (Å²) in [7, 11) is 1.74. The van der Waals surface area contributed by atoms with Crippen LogP contribution in [0.5, 0.6) is 0 Å². The van der Waals surface area contributed by atoms with Crippen LogP contribution in [0.4, 0.5) is 4.79 Å². The number of alkyl halides is 1. The molecule has 0 bridgehead atoms. The van der Waals surface area contributed by atoms with Gasteiger partial charge in [-0.25, -0.2) is 4.79 Å². The van der Waals surface area contributed by atoms with Crippen LogP contribution in [0.1, 0.15) is 31.2 Å². The van der Waals surface area contributed by atoms with Gasteiger partial charge in [-0.05, 0) is 26.3 Å². The number of hydrogen-bond acceptors (Lipinski definition) is 2. The highest BCUT2D eigenvalue weighted by Crippen LogP contribution is 2.23. The first-order chi connectivity index (χ1) is 8.29. The monoisotopic (exact) mass is 313 g/mol. The predicted molar refractivity (Wildman–Crippen MR) is 77.0 cm³/mol. The number of rotatable bonds is 3. The summed E-state index contributed by atoms with van der Waals surface area (Å²) in [6.07, 6.45) is -0.303. The van der Waals surface area contributed by atoms with Gasteiger partial charge in [0.05, 0.1) is 4.83 Å². The second kappa shape index (κ2) is 6.23. The fraction of sp³-hybridized carbons (Fsp3) is 0.500. The summed E-state index contributed by atoms with van der Waals surface area (Å²) in [6, 6.07) is 10.00. The Labute approximate surface area is 117 Å². The van der Waals surface area contributed by atoms with Crippen molar-refractivity contribution in [2.45, 2.75) is 31.2 Å². The van der Waals surface area contributed by atoms with E-state index in [9.17, 15) is 4.79 Å². The molecule has 0 aliphatic rings. The van der Waals surface area contributed by atoms with Crippen molar-refractivity contribution in [3.8, 4) is 0 Å². The molecule has 100 valence electrons. The third kappa shape index (κ3) is 5.08. The van der Waals surface area contributed by atoms with Crippen LogP contribution in [0.15, 0.2) is 30.3 Å². The molecule has 0 N–H and O–H groups in total. The van der Waals surface area contributed by atoms with Crippen molar-refractivity contribution in [1.82, 2.24) is 4.90 Å². The number of carbonyl (C=O) groups excluding carboxylic acids is 1. The zero-order chi connectivity index (χ0) is 13.8. The van der Waals surface area contributed by atoms with E-state index in [0.717, 1.165) is 5.56 Å². The third-order valence-corrected chi connectivity index (χ3v) is 3.12. The Hall–Kier alpha value is -1.03. The fourth-order valence-electron chi connectivity index (χ4n) is 1.42. The molecule has 0 fully saturated rings. The maximum atomic E-state index is 11.8. The van der Waals surface area contributed by atoms with Crippen LogP contribution in [0.25, 0.3) is 0 Å². The molecule has 0 aliphatic heterocycles. The van der Waals surface area contributed by atoms with Gasteiger partial charge in [0.15, 0.2) is 0 Å². The molecule has 3 nitrogen and oxygen atoms in total. The highest BCUT2D eigenvalue weighted by atomic mass is 79.9. The molecule has 1 atom stereocenters. The second-order valence-corrected chi connectivity index (χ2v) is 6.34. The summed E-state index contributed by atoms with van der Waals surface area (Å²) < 4.78 is 5.30. The van der Waals surface area contributed by atoms with Gasteiger partial charge in [0.25, 0.3) is 0 Å². The molecule has 4 heteroatoms. The van der Waals surface area contributed by atoms with Gasteiger partial charge in [0, 0.05) is 13.6 Å². The summed E-state index contributed by atoms with van der Waals surface area (Å²) in [4.78, 5) is 13.5. The summed E-state index contributed by atoms with van der Waals surface area (Å²) in [5.41, 5.74) is 0.688. The van der Waals surface area contributed by atoms with Crippen molar-refractivity contribution in [2.24, 2.45) is 0 Å². The number of carbonyl (C=O) groups is 1. The predicted octanol–water partition coefficient (Wildman–Crippen LogP) is 3.99. The lowest BCUT2D eigenvalue weighted by Gasteiger charge is -2.26. The highest BCUT2D eigenvalue weighted by molar-refractivity contribution is 9.09. The van der Waals surface area contributed by atoms with Crippen LogP contribution in [-0.4, -0.2) is 30.2 Å². The second-order valence-electron chi connectivity index (χ2n) is 5.24. The summed E-state index contributed by atoms with van der Waals surface area (Å²) in [6.45, 7) is 6.16. The van der Waals surface area contributed by atoms with Crippen molar-refractivity contribution in [3.05, 3.63) is 35.9 Å². The topological polar surface area (TPSA) is 29.5 Å². The molecule has 0 saturated carbocycles. The molecule has 18 heavy (non-hydrogen) atoms. The first-order valence-corrected chi connectivity index (χ1v) is 6.84. The van der Waals surface area contributed by atoms with E-state index >= 15 is 0 Å². The number of amides is 1. The summed E-state index contributed by atoms with van der Waals surface area (Å²) in [5, 5.41) is 0. The molecule has 1 unspecified atom stereocenters. The van der Waals surface area contributed by atoms with Gasteiger partial charge in [0.1, 0.15) is 5.60 Å². The molecule has 1 aromatic carbocycles. The van der Waals surface area contributed by atoms with Crippen LogP contribution >= 0.6 is 15.9 Å². The maximum Gasteiger partial charge on any atom is 0.410 e. The van der Waals surface area contributed by atoms with E-state index in [4.69, 9.17) is 4.74 Å². The van der Waals surface area contributed by atoms with E-state index in [-0.39, 0.29) is 10.9 Å². The molecule has 1 amide bonds. The molecule has 0 radical (unpaired) electrons. The lowest BCUT2D eigenvalue weighted by molar-refractivity contribution is 0.0300. The molecule has 1 aromatic rings. The fourth-order valence-corrected chi connectivity index (χ4v) is 2.16. The Kier molecular flexibility index (Phi) is 5.20. The lowest BCUT2D eigenvalue weighted by Crippen LogP contribution is -2.35. The van der Waals surface area contributed by atoms with Gasteiger partial charge in [-0.15, -0.1) is 0 Å². The van der Waals surface area contributed by atoms with E-state index < -0.39 is 5.60 Å². The van der Waals surface area contributed by atoms with Crippen LogP contribution in [0, 0.1) is 0 Å². The SMILES string of the molecule is CN(CC(Br)c1ccccc1)C(=O)OC(C)(C)C. The Balaban J connectivity index is 2.55. The quantitative estimate of drug-likeness (QED) is 0.790. The highest BCUT2D eigenvalue weighted by Gasteiger charge is 2.21. The van der Waals surface area contributed by atoms with Gasteiger partial charge in [-0.2, -0.15) is 0 Å². The van der Waals surface area contributed by atoms with Gasteiger partial charge >= 0.3 is 6.09 Å². The van der Waals surface area contributed by atoms with Crippen molar-refractivity contribution < 1.29 is 9.53 Å². The van der Waals surface area contributed by atoms with Crippen molar-refractivity contribution in [3.63, 3.8) is 0 Å². The maximum absolute atomic E-state index is 11.8. The minimum Gasteiger partial charge on any atom is -0.444 e.